The lowest BCUT2D eigenvalue weighted by Crippen LogP contribution is -2.28. The maximum atomic E-state index is 12.1. The van der Waals surface area contributed by atoms with E-state index in [2.05, 4.69) is 5.32 Å². The minimum atomic E-state index is -0.0593. The first-order chi connectivity index (χ1) is 10.1. The minimum Gasteiger partial charge on any atom is -0.486 e. The van der Waals surface area contributed by atoms with E-state index in [-0.39, 0.29) is 30.3 Å². The molecule has 1 aliphatic heterocycles. The van der Waals surface area contributed by atoms with Gasteiger partial charge in [-0.2, -0.15) is 0 Å². The first-order valence-corrected chi connectivity index (χ1v) is 7.66. The molecule has 0 bridgehead atoms. The highest BCUT2D eigenvalue weighted by Crippen LogP contribution is 2.38. The van der Waals surface area contributed by atoms with Crippen LogP contribution in [0.3, 0.4) is 0 Å². The van der Waals surface area contributed by atoms with Crippen LogP contribution in [0.2, 0.25) is 5.02 Å². The number of carbonyl (C=O) groups is 1. The predicted octanol–water partition coefficient (Wildman–Crippen LogP) is 2.99. The molecule has 0 spiro atoms. The monoisotopic (exact) mass is 346 g/mol. The Bertz CT molecular complexity index is 554. The van der Waals surface area contributed by atoms with E-state index in [1.165, 1.54) is 0 Å². The fourth-order valence-electron chi connectivity index (χ4n) is 2.92. The van der Waals surface area contributed by atoms with Gasteiger partial charge < -0.3 is 20.5 Å². The molecule has 0 radical (unpaired) electrons. The maximum absolute atomic E-state index is 12.1. The minimum absolute atomic E-state index is 0. The number of amides is 1. The van der Waals surface area contributed by atoms with Crippen LogP contribution >= 0.6 is 24.0 Å². The summed E-state index contributed by atoms with van der Waals surface area (Å²) in [7, 11) is 0. The molecule has 1 aliphatic carbocycles. The van der Waals surface area contributed by atoms with Crippen molar-refractivity contribution < 1.29 is 14.3 Å². The number of anilines is 1. The van der Waals surface area contributed by atoms with Gasteiger partial charge in [0.2, 0.25) is 5.91 Å². The standard InChI is InChI=1S/C15H19ClN2O3.ClH/c16-10-7-13-14(21-5-4-20-13)8-12(10)18-15(19)6-9-2-1-3-11(9)17;/h7-9,11H,1-6,17H2,(H,18,19);1H/t9-,11+;/m0./s1. The van der Waals surface area contributed by atoms with Gasteiger partial charge in [0.1, 0.15) is 13.2 Å². The number of benzene rings is 1. The molecule has 1 fully saturated rings. The zero-order valence-electron chi connectivity index (χ0n) is 12.1. The van der Waals surface area contributed by atoms with Crippen molar-refractivity contribution in [2.24, 2.45) is 11.7 Å². The molecule has 1 saturated carbocycles. The van der Waals surface area contributed by atoms with Gasteiger partial charge in [-0.3, -0.25) is 4.79 Å². The van der Waals surface area contributed by atoms with Crippen LogP contribution in [0.4, 0.5) is 5.69 Å². The van der Waals surface area contributed by atoms with Gasteiger partial charge >= 0.3 is 0 Å². The number of ether oxygens (including phenoxy) is 2. The molecule has 3 rings (SSSR count). The van der Waals surface area contributed by atoms with Crippen LogP contribution in [-0.2, 0) is 4.79 Å². The summed E-state index contributed by atoms with van der Waals surface area (Å²) in [6.45, 7) is 1.01. The Morgan fingerprint density at radius 3 is 2.59 bits per heavy atom. The third kappa shape index (κ3) is 3.77. The summed E-state index contributed by atoms with van der Waals surface area (Å²) in [5, 5.41) is 3.29. The van der Waals surface area contributed by atoms with Crippen molar-refractivity contribution in [1.29, 1.82) is 0 Å². The Hall–Kier alpha value is -1.17. The van der Waals surface area contributed by atoms with E-state index in [4.69, 9.17) is 26.8 Å². The molecule has 1 aromatic carbocycles. The zero-order chi connectivity index (χ0) is 14.8. The topological polar surface area (TPSA) is 73.6 Å². The molecule has 0 unspecified atom stereocenters. The summed E-state index contributed by atoms with van der Waals surface area (Å²) in [4.78, 5) is 12.1. The summed E-state index contributed by atoms with van der Waals surface area (Å²) in [6.07, 6.45) is 3.56. The molecule has 0 saturated heterocycles. The Morgan fingerprint density at radius 2 is 1.95 bits per heavy atom. The number of hydrogen-bond donors (Lipinski definition) is 2. The summed E-state index contributed by atoms with van der Waals surface area (Å²) in [5.41, 5.74) is 6.55. The van der Waals surface area contributed by atoms with Crippen molar-refractivity contribution in [1.82, 2.24) is 0 Å². The summed E-state index contributed by atoms with van der Waals surface area (Å²) in [6, 6.07) is 3.52. The highest BCUT2D eigenvalue weighted by Gasteiger charge is 2.26. The third-order valence-electron chi connectivity index (χ3n) is 4.07. The van der Waals surface area contributed by atoms with E-state index < -0.39 is 0 Å². The van der Waals surface area contributed by atoms with Crippen molar-refractivity contribution in [2.45, 2.75) is 31.7 Å². The highest BCUT2D eigenvalue weighted by molar-refractivity contribution is 6.34. The largest absolute Gasteiger partial charge is 0.486 e. The second-order valence-corrected chi connectivity index (χ2v) is 5.99. The first-order valence-electron chi connectivity index (χ1n) is 7.28. The molecule has 122 valence electrons. The van der Waals surface area contributed by atoms with Crippen LogP contribution in [0.1, 0.15) is 25.7 Å². The Balaban J connectivity index is 0.00000176. The van der Waals surface area contributed by atoms with Gasteiger partial charge in [-0.1, -0.05) is 18.0 Å². The second-order valence-electron chi connectivity index (χ2n) is 5.58. The lowest BCUT2D eigenvalue weighted by Gasteiger charge is -2.20. The molecule has 7 heteroatoms. The SMILES string of the molecule is Cl.N[C@@H]1CCC[C@H]1CC(=O)Nc1cc2c(cc1Cl)OCCO2. The van der Waals surface area contributed by atoms with E-state index in [0.29, 0.717) is 41.8 Å². The smallest absolute Gasteiger partial charge is 0.224 e. The number of nitrogens with one attached hydrogen (secondary N) is 1. The maximum Gasteiger partial charge on any atom is 0.224 e. The zero-order valence-corrected chi connectivity index (χ0v) is 13.7. The average molecular weight is 347 g/mol. The van der Waals surface area contributed by atoms with Gasteiger partial charge in [-0.25, -0.2) is 0 Å². The van der Waals surface area contributed by atoms with E-state index in [0.717, 1.165) is 19.3 Å². The van der Waals surface area contributed by atoms with Crippen LogP contribution in [0, 0.1) is 5.92 Å². The van der Waals surface area contributed by atoms with E-state index in [1.54, 1.807) is 12.1 Å². The van der Waals surface area contributed by atoms with Crippen molar-refractivity contribution in [3.8, 4) is 11.5 Å². The van der Waals surface area contributed by atoms with Gasteiger partial charge in [0, 0.05) is 24.6 Å². The van der Waals surface area contributed by atoms with Crippen LogP contribution in [0.15, 0.2) is 12.1 Å². The first kappa shape index (κ1) is 17.2. The van der Waals surface area contributed by atoms with E-state index >= 15 is 0 Å². The second kappa shape index (κ2) is 7.40. The molecule has 5 nitrogen and oxygen atoms in total. The third-order valence-corrected chi connectivity index (χ3v) is 4.38. The summed E-state index contributed by atoms with van der Waals surface area (Å²) >= 11 is 6.18. The fraction of sp³-hybridized carbons (Fsp3) is 0.533. The molecule has 2 aliphatic rings. The Kier molecular flexibility index (Phi) is 5.78. The normalized spacial score (nSPS) is 22.8. The number of halogens is 2. The number of hydrogen-bond acceptors (Lipinski definition) is 4. The molecule has 1 heterocycles. The van der Waals surface area contributed by atoms with Crippen LogP contribution in [0.5, 0.6) is 11.5 Å². The van der Waals surface area contributed by atoms with Crippen LogP contribution < -0.4 is 20.5 Å². The van der Waals surface area contributed by atoms with Crippen LogP contribution in [-0.4, -0.2) is 25.2 Å². The lowest BCUT2D eigenvalue weighted by molar-refractivity contribution is -0.117. The molecule has 2 atom stereocenters. The average Bonchev–Trinajstić information content (AvgIpc) is 2.85. The quantitative estimate of drug-likeness (QED) is 0.882. The van der Waals surface area contributed by atoms with E-state index in [1.807, 2.05) is 0 Å². The fourth-order valence-corrected chi connectivity index (χ4v) is 3.12. The number of fused-ring (bicyclic) bond motifs is 1. The number of carbonyl (C=O) groups excluding carboxylic acids is 1. The van der Waals surface area contributed by atoms with Crippen molar-refractivity contribution in [3.63, 3.8) is 0 Å². The predicted molar refractivity (Wildman–Crippen MR) is 88.3 cm³/mol. The highest BCUT2D eigenvalue weighted by atomic mass is 35.5. The number of nitrogens with two attached hydrogens (primary N) is 1. The van der Waals surface area contributed by atoms with E-state index in [9.17, 15) is 4.79 Å². The molecule has 0 aromatic heterocycles. The lowest BCUT2D eigenvalue weighted by atomic mass is 10.00. The number of rotatable bonds is 3. The molecule has 1 aromatic rings. The summed E-state index contributed by atoms with van der Waals surface area (Å²) in [5.74, 6) is 1.43. The van der Waals surface area contributed by atoms with Gasteiger partial charge in [-0.05, 0) is 18.8 Å². The molecule has 1 amide bonds. The van der Waals surface area contributed by atoms with Crippen molar-refractivity contribution in [2.75, 3.05) is 18.5 Å². The molecule has 3 N–H and O–H groups in total. The Morgan fingerprint density at radius 1 is 1.27 bits per heavy atom. The summed E-state index contributed by atoms with van der Waals surface area (Å²) < 4.78 is 10.9. The van der Waals surface area contributed by atoms with Crippen molar-refractivity contribution in [3.05, 3.63) is 17.2 Å². The van der Waals surface area contributed by atoms with Gasteiger partial charge in [0.25, 0.3) is 0 Å². The van der Waals surface area contributed by atoms with Gasteiger partial charge in [-0.15, -0.1) is 12.4 Å². The molecular formula is C15H20Cl2N2O3. The Labute approximate surface area is 140 Å². The molecule has 22 heavy (non-hydrogen) atoms. The van der Waals surface area contributed by atoms with Crippen LogP contribution in [0.25, 0.3) is 0 Å². The molecular weight excluding hydrogens is 327 g/mol. The van der Waals surface area contributed by atoms with Gasteiger partial charge in [0.05, 0.1) is 10.7 Å². The van der Waals surface area contributed by atoms with Crippen molar-refractivity contribution >= 4 is 35.6 Å². The van der Waals surface area contributed by atoms with Gasteiger partial charge in [0.15, 0.2) is 11.5 Å².